The van der Waals surface area contributed by atoms with Crippen molar-refractivity contribution >= 4 is 39.8 Å². The fourth-order valence-corrected chi connectivity index (χ4v) is 5.59. The van der Waals surface area contributed by atoms with Gasteiger partial charge in [0.1, 0.15) is 11.9 Å². The number of benzene rings is 3. The van der Waals surface area contributed by atoms with Gasteiger partial charge in [-0.2, -0.15) is 0 Å². The van der Waals surface area contributed by atoms with Crippen molar-refractivity contribution in [1.82, 2.24) is 4.90 Å². The molecule has 1 spiro atoms. The molecule has 3 aliphatic heterocycles. The highest BCUT2D eigenvalue weighted by Crippen LogP contribution is 2.35. The van der Waals surface area contributed by atoms with Gasteiger partial charge in [0.05, 0.1) is 18.9 Å². The lowest BCUT2D eigenvalue weighted by atomic mass is 10.0. The lowest BCUT2D eigenvalue weighted by molar-refractivity contribution is -0.180. The Hall–Kier alpha value is -2.93. The molecule has 180 valence electrons. The molecule has 3 aromatic carbocycles. The van der Waals surface area contributed by atoms with E-state index in [-0.39, 0.29) is 5.91 Å². The van der Waals surface area contributed by atoms with Crippen molar-refractivity contribution < 1.29 is 14.3 Å². The van der Waals surface area contributed by atoms with Gasteiger partial charge >= 0.3 is 0 Å². The smallest absolute Gasteiger partial charge is 0.251 e. The molecule has 3 aliphatic rings. The second-order valence-corrected chi connectivity index (χ2v) is 9.94. The number of rotatable bonds is 2. The van der Waals surface area contributed by atoms with Crippen LogP contribution in [-0.2, 0) is 20.7 Å². The van der Waals surface area contributed by atoms with E-state index in [1.165, 1.54) is 5.39 Å². The molecular formula is C28H28ClN3O3. The molecule has 2 fully saturated rings. The molecule has 1 unspecified atom stereocenters. The summed E-state index contributed by atoms with van der Waals surface area (Å²) in [6, 6.07) is 19.8. The second-order valence-electron chi connectivity index (χ2n) is 9.51. The largest absolute Gasteiger partial charge is 0.356 e. The standard InChI is InChI=1S/C28H28ClN3O3/c1-31-25-9-8-22(29)18-23(25)26(32-12-10-28(11-13-32)34-14-15-35-28)30-24(27(31)33)17-19-6-7-20-4-2-3-5-21(20)16-19/h2-9,16,18,24H,10-15,17H2,1H3. The van der Waals surface area contributed by atoms with Crippen molar-refractivity contribution in [1.29, 1.82) is 0 Å². The summed E-state index contributed by atoms with van der Waals surface area (Å²) in [7, 11) is 1.83. The number of amidine groups is 1. The molecule has 2 saturated heterocycles. The predicted octanol–water partition coefficient (Wildman–Crippen LogP) is 4.67. The number of anilines is 1. The number of halogens is 1. The van der Waals surface area contributed by atoms with Gasteiger partial charge in [-0.1, -0.05) is 54.1 Å². The maximum atomic E-state index is 13.6. The van der Waals surface area contributed by atoms with E-state index in [0.717, 1.165) is 54.0 Å². The minimum Gasteiger partial charge on any atom is -0.356 e. The molecule has 35 heavy (non-hydrogen) atoms. The first-order chi connectivity index (χ1) is 17.0. The third kappa shape index (κ3) is 4.20. The Morgan fingerprint density at radius 2 is 1.74 bits per heavy atom. The Labute approximate surface area is 210 Å². The molecule has 0 aromatic heterocycles. The summed E-state index contributed by atoms with van der Waals surface area (Å²) in [6.07, 6.45) is 2.06. The topological polar surface area (TPSA) is 54.4 Å². The van der Waals surface area contributed by atoms with Crippen LogP contribution in [0.3, 0.4) is 0 Å². The van der Waals surface area contributed by atoms with E-state index >= 15 is 0 Å². The van der Waals surface area contributed by atoms with Gasteiger partial charge in [-0.05, 0) is 34.5 Å². The van der Waals surface area contributed by atoms with Crippen molar-refractivity contribution in [3.63, 3.8) is 0 Å². The molecule has 6 nitrogen and oxygen atoms in total. The zero-order chi connectivity index (χ0) is 24.0. The van der Waals surface area contributed by atoms with Crippen LogP contribution in [0.4, 0.5) is 5.69 Å². The molecule has 0 radical (unpaired) electrons. The number of fused-ring (bicyclic) bond motifs is 2. The fraction of sp³-hybridized carbons (Fsp3) is 0.357. The van der Waals surface area contributed by atoms with Gasteiger partial charge in [0.2, 0.25) is 0 Å². The van der Waals surface area contributed by atoms with Crippen molar-refractivity contribution in [2.45, 2.75) is 31.1 Å². The molecule has 1 atom stereocenters. The molecule has 0 saturated carbocycles. The summed E-state index contributed by atoms with van der Waals surface area (Å²) < 4.78 is 11.9. The highest BCUT2D eigenvalue weighted by atomic mass is 35.5. The van der Waals surface area contributed by atoms with Crippen LogP contribution in [0.5, 0.6) is 0 Å². The molecule has 7 heteroatoms. The number of carbonyl (C=O) groups is 1. The number of aliphatic imine (C=N–C) groups is 1. The maximum absolute atomic E-state index is 13.6. The van der Waals surface area contributed by atoms with Crippen LogP contribution in [0.1, 0.15) is 24.0 Å². The average Bonchev–Trinajstić information content (AvgIpc) is 3.30. The highest BCUT2D eigenvalue weighted by molar-refractivity contribution is 6.31. The highest BCUT2D eigenvalue weighted by Gasteiger charge is 2.41. The number of hydrogen-bond acceptors (Lipinski definition) is 5. The lowest BCUT2D eigenvalue weighted by Gasteiger charge is -2.39. The number of likely N-dealkylation sites (N-methyl/N-ethyl adjacent to an activating group) is 1. The molecule has 3 heterocycles. The van der Waals surface area contributed by atoms with E-state index in [2.05, 4.69) is 35.2 Å². The van der Waals surface area contributed by atoms with Crippen molar-refractivity contribution in [3.05, 3.63) is 76.8 Å². The number of amides is 1. The van der Waals surface area contributed by atoms with Crippen LogP contribution in [0.2, 0.25) is 5.02 Å². The second kappa shape index (κ2) is 8.94. The maximum Gasteiger partial charge on any atom is 0.251 e. The molecule has 0 aliphatic carbocycles. The van der Waals surface area contributed by atoms with E-state index in [1.54, 1.807) is 4.90 Å². The minimum absolute atomic E-state index is 0.0207. The van der Waals surface area contributed by atoms with Crippen LogP contribution in [0.15, 0.2) is 65.7 Å². The first-order valence-electron chi connectivity index (χ1n) is 12.2. The van der Waals surface area contributed by atoms with Crippen LogP contribution < -0.4 is 4.90 Å². The third-order valence-electron chi connectivity index (χ3n) is 7.34. The van der Waals surface area contributed by atoms with Gasteiger partial charge in [0, 0.05) is 50.0 Å². The third-order valence-corrected chi connectivity index (χ3v) is 7.57. The first kappa shape index (κ1) is 22.5. The number of carbonyl (C=O) groups excluding carboxylic acids is 1. The minimum atomic E-state index is -0.530. The summed E-state index contributed by atoms with van der Waals surface area (Å²) in [5.41, 5.74) is 2.80. The van der Waals surface area contributed by atoms with Crippen molar-refractivity contribution in [3.8, 4) is 0 Å². The number of likely N-dealkylation sites (tertiary alicyclic amines) is 1. The van der Waals surface area contributed by atoms with E-state index in [9.17, 15) is 4.79 Å². The summed E-state index contributed by atoms with van der Waals surface area (Å²) in [4.78, 5) is 22.7. The molecule has 0 bridgehead atoms. The van der Waals surface area contributed by atoms with E-state index in [0.29, 0.717) is 24.7 Å². The summed E-state index contributed by atoms with van der Waals surface area (Å²) in [5.74, 6) is 0.322. The molecule has 6 rings (SSSR count). The Bertz CT molecular complexity index is 1310. The first-order valence-corrected chi connectivity index (χ1v) is 12.5. The average molecular weight is 490 g/mol. The number of ether oxygens (including phenoxy) is 2. The molecule has 0 N–H and O–H groups in total. The number of hydrogen-bond donors (Lipinski definition) is 0. The van der Waals surface area contributed by atoms with Gasteiger partial charge in [-0.15, -0.1) is 0 Å². The van der Waals surface area contributed by atoms with Gasteiger partial charge in [0.15, 0.2) is 5.79 Å². The van der Waals surface area contributed by atoms with Crippen LogP contribution in [0.25, 0.3) is 10.8 Å². The van der Waals surface area contributed by atoms with Gasteiger partial charge in [-0.3, -0.25) is 9.79 Å². The van der Waals surface area contributed by atoms with Gasteiger partial charge in [-0.25, -0.2) is 0 Å². The summed E-state index contributed by atoms with van der Waals surface area (Å²) >= 11 is 6.42. The van der Waals surface area contributed by atoms with Gasteiger partial charge < -0.3 is 19.3 Å². The fourth-order valence-electron chi connectivity index (χ4n) is 5.41. The predicted molar refractivity (Wildman–Crippen MR) is 138 cm³/mol. The molecule has 3 aromatic rings. The summed E-state index contributed by atoms with van der Waals surface area (Å²) in [5, 5.41) is 2.98. The van der Waals surface area contributed by atoms with Gasteiger partial charge in [0.25, 0.3) is 5.91 Å². The van der Waals surface area contributed by atoms with Crippen molar-refractivity contribution in [2.75, 3.05) is 38.3 Å². The van der Waals surface area contributed by atoms with E-state index < -0.39 is 11.8 Å². The Morgan fingerprint density at radius 3 is 2.51 bits per heavy atom. The number of benzodiazepines with no additional fused rings is 1. The number of piperidine rings is 1. The Balaban J connectivity index is 1.37. The normalized spacial score (nSPS) is 21.8. The van der Waals surface area contributed by atoms with E-state index in [1.807, 2.05) is 37.4 Å². The summed E-state index contributed by atoms with van der Waals surface area (Å²) in [6.45, 7) is 2.77. The molecular weight excluding hydrogens is 462 g/mol. The lowest BCUT2D eigenvalue weighted by Crippen LogP contribution is -2.47. The SMILES string of the molecule is CN1C(=O)C(Cc2ccc3ccccc3c2)N=C(N2CCC3(CC2)OCCO3)c2cc(Cl)ccc21. The van der Waals surface area contributed by atoms with Crippen LogP contribution >= 0.6 is 11.6 Å². The van der Waals surface area contributed by atoms with Crippen molar-refractivity contribution in [2.24, 2.45) is 4.99 Å². The zero-order valence-electron chi connectivity index (χ0n) is 19.7. The Morgan fingerprint density at radius 1 is 1.00 bits per heavy atom. The monoisotopic (exact) mass is 489 g/mol. The molecule has 1 amide bonds. The zero-order valence-corrected chi connectivity index (χ0v) is 20.5. The Kier molecular flexibility index (Phi) is 5.75. The van der Waals surface area contributed by atoms with E-state index in [4.69, 9.17) is 26.1 Å². The van der Waals surface area contributed by atoms with Crippen LogP contribution in [0, 0.1) is 0 Å². The quantitative estimate of drug-likeness (QED) is 0.525. The van der Waals surface area contributed by atoms with Crippen LogP contribution in [-0.4, -0.2) is 61.8 Å². The number of nitrogens with zero attached hydrogens (tertiary/aromatic N) is 3.